The van der Waals surface area contributed by atoms with Gasteiger partial charge in [0.15, 0.2) is 0 Å². The van der Waals surface area contributed by atoms with Gasteiger partial charge in [-0.25, -0.2) is 0 Å². The van der Waals surface area contributed by atoms with Crippen LogP contribution < -0.4 is 0 Å². The summed E-state index contributed by atoms with van der Waals surface area (Å²) < 4.78 is 0. The van der Waals surface area contributed by atoms with Crippen LogP contribution in [0.5, 0.6) is 0 Å². The first-order chi connectivity index (χ1) is 7.88. The van der Waals surface area contributed by atoms with Crippen molar-refractivity contribution >= 4 is 9.24 Å². The third-order valence-electron chi connectivity index (χ3n) is 2.05. The van der Waals surface area contributed by atoms with E-state index in [0.717, 1.165) is 6.16 Å². The second-order valence-electron chi connectivity index (χ2n) is 3.26. The van der Waals surface area contributed by atoms with E-state index in [4.69, 9.17) is 0 Å². The highest BCUT2D eigenvalue weighted by Gasteiger charge is 1.91. The molecular weight excluding hydrogens is 211 g/mol. The molecule has 0 radical (unpaired) electrons. The fourth-order valence-corrected chi connectivity index (χ4v) is 1.26. The minimum absolute atomic E-state index is 1.00. The number of rotatable bonds is 2. The van der Waals surface area contributed by atoms with Gasteiger partial charge in [0.05, 0.1) is 0 Å². The molecule has 0 N–H and O–H groups in total. The molecule has 1 unspecified atom stereocenters. The van der Waals surface area contributed by atoms with E-state index >= 15 is 0 Å². The van der Waals surface area contributed by atoms with Crippen molar-refractivity contribution in [2.45, 2.75) is 0 Å². The highest BCUT2D eigenvalue weighted by Crippen LogP contribution is 2.17. The average molecular weight is 228 g/mol. The molecule has 0 amide bonds. The predicted octanol–water partition coefficient (Wildman–Crippen LogP) is 4.40. The molecule has 0 spiro atoms. The summed E-state index contributed by atoms with van der Waals surface area (Å²) in [5, 5.41) is 0. The van der Waals surface area contributed by atoms with Gasteiger partial charge in [0.25, 0.3) is 0 Å². The van der Waals surface area contributed by atoms with Gasteiger partial charge in [-0.2, -0.15) is 0 Å². The van der Waals surface area contributed by atoms with Crippen LogP contribution in [0.25, 0.3) is 11.1 Å². The van der Waals surface area contributed by atoms with Gasteiger partial charge >= 0.3 is 0 Å². The zero-order valence-electron chi connectivity index (χ0n) is 9.34. The molecule has 0 saturated heterocycles. The van der Waals surface area contributed by atoms with Crippen LogP contribution in [0, 0.1) is 0 Å². The monoisotopic (exact) mass is 228 g/mol. The van der Waals surface area contributed by atoms with E-state index in [1.54, 1.807) is 0 Å². The van der Waals surface area contributed by atoms with Crippen molar-refractivity contribution in [2.75, 3.05) is 6.16 Å². The molecule has 2 aromatic carbocycles. The topological polar surface area (TPSA) is 0 Å². The maximum atomic E-state index is 3.46. The fourth-order valence-electron chi connectivity index (χ4n) is 1.26. The first-order valence-corrected chi connectivity index (χ1v) is 6.11. The van der Waals surface area contributed by atoms with Crippen LogP contribution in [0.1, 0.15) is 0 Å². The molecule has 0 bridgehead atoms. The Morgan fingerprint density at radius 3 is 1.38 bits per heavy atom. The van der Waals surface area contributed by atoms with Gasteiger partial charge in [-0.15, -0.1) is 15.8 Å². The molecule has 2 aromatic rings. The number of allylic oxidation sites excluding steroid dienone is 1. The molecular formula is C15H17P. The van der Waals surface area contributed by atoms with Crippen molar-refractivity contribution in [2.24, 2.45) is 0 Å². The predicted molar refractivity (Wildman–Crippen MR) is 76.7 cm³/mol. The maximum Gasteiger partial charge on any atom is -0.0184 e. The molecule has 0 saturated carbocycles. The Morgan fingerprint density at radius 2 is 1.12 bits per heavy atom. The lowest BCUT2D eigenvalue weighted by atomic mass is 10.1. The second-order valence-corrected chi connectivity index (χ2v) is 3.73. The van der Waals surface area contributed by atoms with Crippen molar-refractivity contribution in [3.8, 4) is 11.1 Å². The lowest BCUT2D eigenvalue weighted by molar-refractivity contribution is 1.62. The molecule has 0 aliphatic rings. The Balaban J connectivity index is 0.000000280. The zero-order chi connectivity index (χ0) is 11.6. The molecule has 82 valence electrons. The molecule has 0 aliphatic heterocycles. The summed E-state index contributed by atoms with van der Waals surface area (Å²) in [7, 11) is 2.54. The van der Waals surface area contributed by atoms with E-state index in [1.807, 2.05) is 18.2 Å². The summed E-state index contributed by atoms with van der Waals surface area (Å²) in [4.78, 5) is 0. The summed E-state index contributed by atoms with van der Waals surface area (Å²) >= 11 is 0. The highest BCUT2D eigenvalue weighted by molar-refractivity contribution is 7.16. The van der Waals surface area contributed by atoms with Crippen molar-refractivity contribution in [3.05, 3.63) is 73.3 Å². The summed E-state index contributed by atoms with van der Waals surface area (Å²) in [5.41, 5.74) is 2.55. The Kier molecular flexibility index (Phi) is 6.22. The van der Waals surface area contributed by atoms with Crippen LogP contribution in [0.3, 0.4) is 0 Å². The van der Waals surface area contributed by atoms with E-state index in [2.05, 4.69) is 64.3 Å². The van der Waals surface area contributed by atoms with Gasteiger partial charge in [-0.1, -0.05) is 66.7 Å². The normalized spacial score (nSPS) is 8.81. The maximum absolute atomic E-state index is 3.46. The molecule has 0 heterocycles. The Hall–Kier alpha value is -1.39. The molecule has 1 atom stereocenters. The number of hydrogen-bond donors (Lipinski definition) is 0. The molecule has 0 aliphatic carbocycles. The van der Waals surface area contributed by atoms with Crippen LogP contribution in [-0.2, 0) is 0 Å². The molecule has 2 rings (SSSR count). The quantitative estimate of drug-likeness (QED) is 0.528. The van der Waals surface area contributed by atoms with E-state index in [-0.39, 0.29) is 0 Å². The van der Waals surface area contributed by atoms with Gasteiger partial charge in [0.2, 0.25) is 0 Å². The molecule has 0 aromatic heterocycles. The van der Waals surface area contributed by atoms with Crippen LogP contribution in [-0.4, -0.2) is 6.16 Å². The minimum atomic E-state index is 1.00. The van der Waals surface area contributed by atoms with Crippen molar-refractivity contribution in [3.63, 3.8) is 0 Å². The standard InChI is InChI=1S/C12H10.C3H7P/c1-3-7-11(8-4-1)12-9-5-2-6-10-12;1-2-3-4/h1-10H;2H,1,3-4H2. The minimum Gasteiger partial charge on any atom is -0.134 e. The molecule has 16 heavy (non-hydrogen) atoms. The lowest BCUT2D eigenvalue weighted by Crippen LogP contribution is -1.73. The highest BCUT2D eigenvalue weighted by atomic mass is 31.0. The van der Waals surface area contributed by atoms with Gasteiger partial charge in [-0.05, 0) is 17.3 Å². The Bertz CT molecular complexity index is 355. The van der Waals surface area contributed by atoms with E-state index in [0.29, 0.717) is 0 Å². The van der Waals surface area contributed by atoms with E-state index in [9.17, 15) is 0 Å². The van der Waals surface area contributed by atoms with Crippen molar-refractivity contribution in [1.29, 1.82) is 0 Å². The lowest BCUT2D eigenvalue weighted by Gasteiger charge is -1.98. The SMILES string of the molecule is C=CCP.c1ccc(-c2ccccc2)cc1. The third-order valence-corrected chi connectivity index (χ3v) is 2.38. The first kappa shape index (κ1) is 12.7. The van der Waals surface area contributed by atoms with Crippen molar-refractivity contribution in [1.82, 2.24) is 0 Å². The number of benzene rings is 2. The molecule has 1 heteroatoms. The third kappa shape index (κ3) is 4.42. The average Bonchev–Trinajstić information content (AvgIpc) is 2.41. The van der Waals surface area contributed by atoms with Gasteiger partial charge in [-0.3, -0.25) is 0 Å². The van der Waals surface area contributed by atoms with Gasteiger partial charge in [0.1, 0.15) is 0 Å². The zero-order valence-corrected chi connectivity index (χ0v) is 10.5. The van der Waals surface area contributed by atoms with E-state index in [1.165, 1.54) is 11.1 Å². The second kappa shape index (κ2) is 7.84. The Morgan fingerprint density at radius 1 is 0.812 bits per heavy atom. The van der Waals surface area contributed by atoms with Crippen molar-refractivity contribution < 1.29 is 0 Å². The van der Waals surface area contributed by atoms with Crippen LogP contribution in [0.4, 0.5) is 0 Å². The smallest absolute Gasteiger partial charge is 0.0184 e. The fraction of sp³-hybridized carbons (Fsp3) is 0.0667. The summed E-state index contributed by atoms with van der Waals surface area (Å²) in [6.45, 7) is 3.46. The first-order valence-electron chi connectivity index (χ1n) is 5.30. The molecule has 0 nitrogen and oxygen atoms in total. The largest absolute Gasteiger partial charge is 0.134 e. The molecule has 0 fully saturated rings. The summed E-state index contributed by atoms with van der Waals surface area (Å²) in [5.74, 6) is 0. The van der Waals surface area contributed by atoms with Crippen LogP contribution in [0.15, 0.2) is 73.3 Å². The van der Waals surface area contributed by atoms with E-state index < -0.39 is 0 Å². The summed E-state index contributed by atoms with van der Waals surface area (Å²) in [6.07, 6.45) is 2.84. The van der Waals surface area contributed by atoms with Crippen LogP contribution in [0.2, 0.25) is 0 Å². The van der Waals surface area contributed by atoms with Gasteiger partial charge in [0, 0.05) is 0 Å². The number of hydrogen-bond acceptors (Lipinski definition) is 0. The van der Waals surface area contributed by atoms with Crippen LogP contribution >= 0.6 is 9.24 Å². The summed E-state index contributed by atoms with van der Waals surface area (Å²) in [6, 6.07) is 20.8. The van der Waals surface area contributed by atoms with Gasteiger partial charge < -0.3 is 0 Å². The Labute approximate surface area is 100 Å².